The van der Waals surface area contributed by atoms with Gasteiger partial charge in [-0.15, -0.1) is 11.3 Å². The Bertz CT molecular complexity index is 491. The largest absolute Gasteiger partial charge is 0.480 e. The minimum Gasteiger partial charge on any atom is -0.480 e. The van der Waals surface area contributed by atoms with E-state index in [0.29, 0.717) is 11.4 Å². The van der Waals surface area contributed by atoms with Gasteiger partial charge in [-0.05, 0) is 45.7 Å². The van der Waals surface area contributed by atoms with Gasteiger partial charge in [0.25, 0.3) is 5.91 Å². The molecule has 1 amide bonds. The molecule has 106 valence electrons. The van der Waals surface area contributed by atoms with Gasteiger partial charge in [0.05, 0.1) is 4.88 Å². The lowest BCUT2D eigenvalue weighted by Gasteiger charge is -2.33. The van der Waals surface area contributed by atoms with Crippen LogP contribution in [0.1, 0.15) is 47.8 Å². The van der Waals surface area contributed by atoms with Gasteiger partial charge < -0.3 is 10.0 Å². The second kappa shape index (κ2) is 5.74. The van der Waals surface area contributed by atoms with Crippen molar-refractivity contribution in [3.05, 3.63) is 21.4 Å². The predicted molar refractivity (Wildman–Crippen MR) is 76.9 cm³/mol. The molecule has 0 bridgehead atoms. The Morgan fingerprint density at radius 2 is 1.95 bits per heavy atom. The summed E-state index contributed by atoms with van der Waals surface area (Å²) >= 11 is 1.43. The highest BCUT2D eigenvalue weighted by molar-refractivity contribution is 7.14. The minimum absolute atomic E-state index is 0.206. The molecule has 1 aromatic rings. The fourth-order valence-electron chi connectivity index (χ4n) is 2.02. The molecule has 0 radical (unpaired) electrons. The third kappa shape index (κ3) is 2.97. The number of carbonyl (C=O) groups excluding carboxylic acids is 1. The van der Waals surface area contributed by atoms with Gasteiger partial charge in [-0.3, -0.25) is 4.79 Å². The average molecular weight is 283 g/mol. The van der Waals surface area contributed by atoms with Gasteiger partial charge in [-0.2, -0.15) is 0 Å². The summed E-state index contributed by atoms with van der Waals surface area (Å²) in [6, 6.07) is 1.88. The van der Waals surface area contributed by atoms with Crippen molar-refractivity contribution >= 4 is 23.2 Å². The Labute approximate surface area is 118 Å². The van der Waals surface area contributed by atoms with Crippen molar-refractivity contribution in [2.75, 3.05) is 6.54 Å². The van der Waals surface area contributed by atoms with Crippen LogP contribution in [0.15, 0.2) is 6.07 Å². The van der Waals surface area contributed by atoms with Crippen LogP contribution in [0, 0.1) is 6.92 Å². The van der Waals surface area contributed by atoms with E-state index < -0.39 is 11.5 Å². The van der Waals surface area contributed by atoms with E-state index in [9.17, 15) is 14.7 Å². The Balaban J connectivity index is 3.12. The number of likely N-dealkylation sites (N-methyl/N-ethyl adjacent to an activating group) is 1. The van der Waals surface area contributed by atoms with Gasteiger partial charge in [0.2, 0.25) is 0 Å². The van der Waals surface area contributed by atoms with Crippen LogP contribution in [0.3, 0.4) is 0 Å². The number of thiophene rings is 1. The van der Waals surface area contributed by atoms with Crippen molar-refractivity contribution in [1.29, 1.82) is 0 Å². The topological polar surface area (TPSA) is 57.6 Å². The normalized spacial score (nSPS) is 11.4. The Morgan fingerprint density at radius 3 is 2.32 bits per heavy atom. The maximum absolute atomic E-state index is 12.5. The van der Waals surface area contributed by atoms with Crippen LogP contribution in [0.25, 0.3) is 0 Å². The third-order valence-corrected chi connectivity index (χ3v) is 4.45. The predicted octanol–water partition coefficient (Wildman–Crippen LogP) is 2.94. The fourth-order valence-corrected chi connectivity index (χ4v) is 3.08. The van der Waals surface area contributed by atoms with Crippen molar-refractivity contribution in [1.82, 2.24) is 4.90 Å². The number of hydrogen-bond acceptors (Lipinski definition) is 3. The van der Waals surface area contributed by atoms with E-state index in [1.54, 1.807) is 20.8 Å². The van der Waals surface area contributed by atoms with Gasteiger partial charge in [0.1, 0.15) is 5.54 Å². The van der Waals surface area contributed by atoms with Gasteiger partial charge >= 0.3 is 5.97 Å². The summed E-state index contributed by atoms with van der Waals surface area (Å²) in [4.78, 5) is 26.9. The van der Waals surface area contributed by atoms with Crippen molar-refractivity contribution < 1.29 is 14.7 Å². The smallest absolute Gasteiger partial charge is 0.329 e. The lowest BCUT2D eigenvalue weighted by atomic mass is 10.0. The summed E-state index contributed by atoms with van der Waals surface area (Å²) in [7, 11) is 0. The van der Waals surface area contributed by atoms with E-state index in [1.807, 2.05) is 19.9 Å². The number of carboxylic acids is 1. The molecule has 0 aromatic carbocycles. The monoisotopic (exact) mass is 283 g/mol. The number of carbonyl (C=O) groups is 2. The summed E-state index contributed by atoms with van der Waals surface area (Å²) in [6.07, 6.45) is 0.879. The number of carboxylic acid groups (broad SMARTS) is 1. The standard InChI is InChI=1S/C14H21NO3S/c1-6-10-8-11(19-9(10)3)12(16)15(7-2)14(4,5)13(17)18/h8H,6-7H2,1-5H3,(H,17,18). The van der Waals surface area contributed by atoms with Crippen LogP contribution in [0.4, 0.5) is 0 Å². The first-order valence-electron chi connectivity index (χ1n) is 6.40. The molecular formula is C14H21NO3S. The zero-order chi connectivity index (χ0) is 14.8. The molecular weight excluding hydrogens is 262 g/mol. The number of hydrogen-bond donors (Lipinski definition) is 1. The van der Waals surface area contributed by atoms with E-state index >= 15 is 0 Å². The lowest BCUT2D eigenvalue weighted by molar-refractivity contribution is -0.147. The summed E-state index contributed by atoms with van der Waals surface area (Å²) in [5.74, 6) is -1.20. The second-order valence-corrected chi connectivity index (χ2v) is 6.22. The lowest BCUT2D eigenvalue weighted by Crippen LogP contribution is -2.52. The van der Waals surface area contributed by atoms with Gasteiger partial charge in [0, 0.05) is 11.4 Å². The van der Waals surface area contributed by atoms with Crippen molar-refractivity contribution in [2.24, 2.45) is 0 Å². The highest BCUT2D eigenvalue weighted by atomic mass is 32.1. The number of nitrogens with zero attached hydrogens (tertiary/aromatic N) is 1. The quantitative estimate of drug-likeness (QED) is 0.904. The van der Waals surface area contributed by atoms with E-state index in [4.69, 9.17) is 0 Å². The summed E-state index contributed by atoms with van der Waals surface area (Å²) in [5.41, 5.74) is -0.0478. The van der Waals surface area contributed by atoms with Gasteiger partial charge in [-0.1, -0.05) is 6.92 Å². The number of aryl methyl sites for hydroxylation is 2. The molecule has 0 unspecified atom stereocenters. The molecule has 1 aromatic heterocycles. The molecule has 0 aliphatic heterocycles. The molecule has 0 atom stereocenters. The Hall–Kier alpha value is -1.36. The average Bonchev–Trinajstić information content (AvgIpc) is 2.70. The fraction of sp³-hybridized carbons (Fsp3) is 0.571. The molecule has 0 spiro atoms. The first-order chi connectivity index (χ1) is 8.75. The minimum atomic E-state index is -1.20. The highest BCUT2D eigenvalue weighted by Gasteiger charge is 2.37. The Kier molecular flexibility index (Phi) is 4.74. The van der Waals surface area contributed by atoms with Crippen LogP contribution < -0.4 is 0 Å². The number of rotatable bonds is 5. The second-order valence-electron chi connectivity index (χ2n) is 4.96. The molecule has 0 fully saturated rings. The van der Waals surface area contributed by atoms with Crippen molar-refractivity contribution in [2.45, 2.75) is 46.6 Å². The summed E-state index contributed by atoms with van der Waals surface area (Å²) < 4.78 is 0. The molecule has 1 N–H and O–H groups in total. The van der Waals surface area contributed by atoms with Crippen LogP contribution >= 0.6 is 11.3 Å². The molecule has 1 heterocycles. The maximum atomic E-state index is 12.5. The molecule has 5 heteroatoms. The van der Waals surface area contributed by atoms with Crippen LogP contribution in [-0.2, 0) is 11.2 Å². The van der Waals surface area contributed by atoms with E-state index in [-0.39, 0.29) is 5.91 Å². The van der Waals surface area contributed by atoms with Crippen LogP contribution in [0.5, 0.6) is 0 Å². The van der Waals surface area contributed by atoms with Crippen LogP contribution in [0.2, 0.25) is 0 Å². The van der Waals surface area contributed by atoms with E-state index in [1.165, 1.54) is 16.2 Å². The third-order valence-electron chi connectivity index (χ3n) is 3.37. The SMILES string of the molecule is CCc1cc(C(=O)N(CC)C(C)(C)C(=O)O)sc1C. The molecule has 0 aliphatic carbocycles. The van der Waals surface area contributed by atoms with E-state index in [0.717, 1.165) is 16.9 Å². The zero-order valence-corrected chi connectivity index (χ0v) is 12.9. The first kappa shape index (κ1) is 15.7. The number of amides is 1. The molecule has 0 aliphatic rings. The summed E-state index contributed by atoms with van der Waals surface area (Å²) in [6.45, 7) is 9.30. The molecule has 1 rings (SSSR count). The van der Waals surface area contributed by atoms with Crippen molar-refractivity contribution in [3.8, 4) is 0 Å². The molecule has 19 heavy (non-hydrogen) atoms. The molecule has 0 saturated carbocycles. The van der Waals surface area contributed by atoms with E-state index in [2.05, 4.69) is 0 Å². The Morgan fingerprint density at radius 1 is 1.37 bits per heavy atom. The van der Waals surface area contributed by atoms with Crippen molar-refractivity contribution in [3.63, 3.8) is 0 Å². The maximum Gasteiger partial charge on any atom is 0.329 e. The van der Waals surface area contributed by atoms with Crippen LogP contribution in [-0.4, -0.2) is 34.0 Å². The summed E-state index contributed by atoms with van der Waals surface area (Å²) in [5, 5.41) is 9.25. The first-order valence-corrected chi connectivity index (χ1v) is 7.22. The molecule has 4 nitrogen and oxygen atoms in total. The number of aliphatic carboxylic acids is 1. The molecule has 0 saturated heterocycles. The highest BCUT2D eigenvalue weighted by Crippen LogP contribution is 2.26. The van der Waals surface area contributed by atoms with Gasteiger partial charge in [-0.25, -0.2) is 4.79 Å². The zero-order valence-electron chi connectivity index (χ0n) is 12.1. The van der Waals surface area contributed by atoms with Gasteiger partial charge in [0.15, 0.2) is 0 Å².